The van der Waals surface area contributed by atoms with Crippen molar-refractivity contribution in [3.05, 3.63) is 28.2 Å². The van der Waals surface area contributed by atoms with Crippen molar-refractivity contribution in [2.45, 2.75) is 46.0 Å². The molecule has 18 heavy (non-hydrogen) atoms. The summed E-state index contributed by atoms with van der Waals surface area (Å²) in [7, 11) is 0. The molecule has 0 aliphatic heterocycles. The molecule has 1 N–H and O–H groups in total. The molecule has 0 saturated heterocycles. The lowest BCUT2D eigenvalue weighted by Crippen LogP contribution is -2.33. The fourth-order valence-electron chi connectivity index (χ4n) is 2.78. The Balaban J connectivity index is 2.18. The van der Waals surface area contributed by atoms with Gasteiger partial charge in [-0.25, -0.2) is 0 Å². The maximum atomic E-state index is 12.5. The van der Waals surface area contributed by atoms with Crippen LogP contribution in [-0.2, 0) is 4.79 Å². The number of nitrogens with one attached hydrogen (secondary N) is 1. The Kier molecular flexibility index (Phi) is 4.10. The van der Waals surface area contributed by atoms with Gasteiger partial charge in [-0.2, -0.15) is 0 Å². The molecule has 1 aromatic carbocycles. The van der Waals surface area contributed by atoms with E-state index in [0.717, 1.165) is 35.0 Å². The van der Waals surface area contributed by atoms with Crippen molar-refractivity contribution >= 4 is 27.5 Å². The number of carbonyl (C=O) groups excluding carboxylic acids is 1. The highest BCUT2D eigenvalue weighted by atomic mass is 79.9. The van der Waals surface area contributed by atoms with Gasteiger partial charge in [0.25, 0.3) is 0 Å². The van der Waals surface area contributed by atoms with E-state index < -0.39 is 0 Å². The van der Waals surface area contributed by atoms with Crippen LogP contribution in [0.4, 0.5) is 5.69 Å². The molecular formula is C15H20BrNO. The van der Waals surface area contributed by atoms with Gasteiger partial charge in [0, 0.05) is 15.6 Å². The maximum absolute atomic E-state index is 12.5. The number of carbonyl (C=O) groups is 1. The second kappa shape index (κ2) is 5.43. The third-order valence-electron chi connectivity index (χ3n) is 4.17. The molecule has 2 rings (SSSR count). The van der Waals surface area contributed by atoms with Gasteiger partial charge in [0.05, 0.1) is 0 Å². The van der Waals surface area contributed by atoms with E-state index in [9.17, 15) is 4.79 Å². The summed E-state index contributed by atoms with van der Waals surface area (Å²) in [5.41, 5.74) is 1.90. The largest absolute Gasteiger partial charge is 0.325 e. The standard InChI is InChI=1S/C15H20BrNO/c1-3-15(8-4-5-9-15)14(18)17-13-10-12(16)7-6-11(13)2/h6-7,10H,3-5,8-9H2,1-2H3,(H,17,18). The first-order valence-corrected chi connectivity index (χ1v) is 7.44. The molecule has 1 amide bonds. The van der Waals surface area contributed by atoms with E-state index in [1.54, 1.807) is 0 Å². The van der Waals surface area contributed by atoms with Crippen LogP contribution in [0.25, 0.3) is 0 Å². The third-order valence-corrected chi connectivity index (χ3v) is 4.66. The smallest absolute Gasteiger partial charge is 0.230 e. The van der Waals surface area contributed by atoms with Gasteiger partial charge in [-0.05, 0) is 43.9 Å². The van der Waals surface area contributed by atoms with Crippen LogP contribution in [0, 0.1) is 12.3 Å². The Morgan fingerprint density at radius 2 is 2.06 bits per heavy atom. The molecule has 1 aromatic rings. The van der Waals surface area contributed by atoms with Crippen LogP contribution in [-0.4, -0.2) is 5.91 Å². The van der Waals surface area contributed by atoms with Crippen LogP contribution in [0.5, 0.6) is 0 Å². The van der Waals surface area contributed by atoms with Crippen molar-refractivity contribution < 1.29 is 4.79 Å². The topological polar surface area (TPSA) is 29.1 Å². The summed E-state index contributed by atoms with van der Waals surface area (Å²) >= 11 is 3.45. The number of benzene rings is 1. The first-order chi connectivity index (χ1) is 8.57. The Morgan fingerprint density at radius 3 is 2.67 bits per heavy atom. The summed E-state index contributed by atoms with van der Waals surface area (Å²) in [6.45, 7) is 4.15. The summed E-state index contributed by atoms with van der Waals surface area (Å²) in [6.07, 6.45) is 5.36. The molecule has 0 radical (unpaired) electrons. The summed E-state index contributed by atoms with van der Waals surface area (Å²) in [5.74, 6) is 0.198. The van der Waals surface area contributed by atoms with E-state index in [2.05, 4.69) is 28.2 Å². The van der Waals surface area contributed by atoms with Gasteiger partial charge in [-0.1, -0.05) is 41.8 Å². The van der Waals surface area contributed by atoms with E-state index in [4.69, 9.17) is 0 Å². The molecule has 2 nitrogen and oxygen atoms in total. The van der Waals surface area contributed by atoms with E-state index in [-0.39, 0.29) is 11.3 Å². The molecule has 0 bridgehead atoms. The molecule has 0 unspecified atom stereocenters. The Bertz CT molecular complexity index is 450. The quantitative estimate of drug-likeness (QED) is 0.864. The number of hydrogen-bond donors (Lipinski definition) is 1. The molecule has 0 aromatic heterocycles. The van der Waals surface area contributed by atoms with Crippen molar-refractivity contribution in [2.24, 2.45) is 5.41 Å². The van der Waals surface area contributed by atoms with Crippen LogP contribution in [0.15, 0.2) is 22.7 Å². The molecule has 0 spiro atoms. The van der Waals surface area contributed by atoms with E-state index >= 15 is 0 Å². The number of anilines is 1. The molecule has 1 saturated carbocycles. The monoisotopic (exact) mass is 309 g/mol. The van der Waals surface area contributed by atoms with Gasteiger partial charge in [0.1, 0.15) is 0 Å². The maximum Gasteiger partial charge on any atom is 0.230 e. The average Bonchev–Trinajstić information content (AvgIpc) is 2.84. The van der Waals surface area contributed by atoms with Gasteiger partial charge < -0.3 is 5.32 Å². The Morgan fingerprint density at radius 1 is 1.39 bits per heavy atom. The normalized spacial score (nSPS) is 17.7. The summed E-state index contributed by atoms with van der Waals surface area (Å²) in [5, 5.41) is 3.12. The van der Waals surface area contributed by atoms with Crippen LogP contribution in [0.1, 0.15) is 44.6 Å². The summed E-state index contributed by atoms with van der Waals surface area (Å²) in [6, 6.07) is 5.99. The van der Waals surface area contributed by atoms with Crippen LogP contribution >= 0.6 is 15.9 Å². The third kappa shape index (κ3) is 2.61. The van der Waals surface area contributed by atoms with Crippen LogP contribution in [0.2, 0.25) is 0 Å². The van der Waals surface area contributed by atoms with Crippen molar-refractivity contribution in [3.63, 3.8) is 0 Å². The zero-order valence-corrected chi connectivity index (χ0v) is 12.6. The van der Waals surface area contributed by atoms with E-state index in [1.807, 2.05) is 25.1 Å². The zero-order chi connectivity index (χ0) is 13.2. The predicted molar refractivity (Wildman–Crippen MR) is 78.7 cm³/mol. The fourth-order valence-corrected chi connectivity index (χ4v) is 3.14. The van der Waals surface area contributed by atoms with Gasteiger partial charge in [0.15, 0.2) is 0 Å². The molecular weight excluding hydrogens is 290 g/mol. The fraction of sp³-hybridized carbons (Fsp3) is 0.533. The SMILES string of the molecule is CCC1(C(=O)Nc2cc(Br)ccc2C)CCCC1. The molecule has 1 aliphatic carbocycles. The number of aryl methyl sites for hydroxylation is 1. The van der Waals surface area contributed by atoms with Crippen LogP contribution < -0.4 is 5.32 Å². The van der Waals surface area contributed by atoms with Crippen molar-refractivity contribution in [1.29, 1.82) is 0 Å². The summed E-state index contributed by atoms with van der Waals surface area (Å²) < 4.78 is 1.00. The lowest BCUT2D eigenvalue weighted by Gasteiger charge is -2.26. The second-order valence-corrected chi connectivity index (χ2v) is 6.17. The van der Waals surface area contributed by atoms with Gasteiger partial charge in [0.2, 0.25) is 5.91 Å². The van der Waals surface area contributed by atoms with E-state index in [0.29, 0.717) is 0 Å². The zero-order valence-electron chi connectivity index (χ0n) is 11.1. The molecule has 1 aliphatic rings. The Hall–Kier alpha value is -0.830. The van der Waals surface area contributed by atoms with E-state index in [1.165, 1.54) is 12.8 Å². The number of halogens is 1. The van der Waals surface area contributed by atoms with Crippen molar-refractivity contribution in [2.75, 3.05) is 5.32 Å². The molecule has 98 valence electrons. The molecule has 3 heteroatoms. The highest BCUT2D eigenvalue weighted by Crippen LogP contribution is 2.42. The van der Waals surface area contributed by atoms with Crippen molar-refractivity contribution in [1.82, 2.24) is 0 Å². The lowest BCUT2D eigenvalue weighted by atomic mass is 9.82. The first kappa shape index (κ1) is 13.6. The van der Waals surface area contributed by atoms with Gasteiger partial charge >= 0.3 is 0 Å². The first-order valence-electron chi connectivity index (χ1n) is 6.65. The highest BCUT2D eigenvalue weighted by molar-refractivity contribution is 9.10. The number of rotatable bonds is 3. The second-order valence-electron chi connectivity index (χ2n) is 5.25. The number of amides is 1. The Labute approximate surface area is 117 Å². The minimum Gasteiger partial charge on any atom is -0.325 e. The predicted octanol–water partition coefficient (Wildman–Crippen LogP) is 4.67. The summed E-state index contributed by atoms with van der Waals surface area (Å²) in [4.78, 5) is 12.5. The average molecular weight is 310 g/mol. The van der Waals surface area contributed by atoms with Gasteiger partial charge in [-0.15, -0.1) is 0 Å². The van der Waals surface area contributed by atoms with Crippen molar-refractivity contribution in [3.8, 4) is 0 Å². The molecule has 0 atom stereocenters. The minimum absolute atomic E-state index is 0.130. The van der Waals surface area contributed by atoms with Crippen LogP contribution in [0.3, 0.4) is 0 Å². The number of hydrogen-bond acceptors (Lipinski definition) is 1. The molecule has 1 fully saturated rings. The lowest BCUT2D eigenvalue weighted by molar-refractivity contribution is -0.125. The minimum atomic E-state index is -0.130. The van der Waals surface area contributed by atoms with Gasteiger partial charge in [-0.3, -0.25) is 4.79 Å². The highest BCUT2D eigenvalue weighted by Gasteiger charge is 2.39. The molecule has 0 heterocycles.